The van der Waals surface area contributed by atoms with Crippen LogP contribution in [0.5, 0.6) is 0 Å². The third-order valence-corrected chi connectivity index (χ3v) is 3.42. The Kier molecular flexibility index (Phi) is 5.86. The van der Waals surface area contributed by atoms with Gasteiger partial charge in [-0.15, -0.1) is 0 Å². The van der Waals surface area contributed by atoms with Crippen LogP contribution >= 0.6 is 0 Å². The maximum Gasteiger partial charge on any atom is 0.0874 e. The van der Waals surface area contributed by atoms with Gasteiger partial charge in [-0.05, 0) is 44.1 Å². The molecule has 1 atom stereocenters. The first-order chi connectivity index (χ1) is 8.45. The first kappa shape index (κ1) is 12.9. The predicted octanol–water partition coefficient (Wildman–Crippen LogP) is 3.05. The molecule has 0 N–H and O–H groups in total. The number of hydrogen-bond acceptors (Lipinski definition) is 3. The second-order valence-corrected chi connectivity index (χ2v) is 4.92. The maximum absolute atomic E-state index is 5.61. The first-order valence-electron chi connectivity index (χ1n) is 6.94. The lowest BCUT2D eigenvalue weighted by molar-refractivity contribution is -0.0920. The number of ether oxygens (including phenoxy) is 3. The molecule has 1 unspecified atom stereocenters. The Morgan fingerprint density at radius 2 is 2.06 bits per heavy atom. The van der Waals surface area contributed by atoms with Crippen molar-refractivity contribution < 1.29 is 14.2 Å². The zero-order chi connectivity index (χ0) is 11.8. The van der Waals surface area contributed by atoms with Crippen molar-refractivity contribution in [2.24, 2.45) is 0 Å². The molecule has 1 aliphatic carbocycles. The zero-order valence-corrected chi connectivity index (χ0v) is 10.7. The van der Waals surface area contributed by atoms with Crippen molar-refractivity contribution in [3.63, 3.8) is 0 Å². The second-order valence-electron chi connectivity index (χ2n) is 4.92. The van der Waals surface area contributed by atoms with E-state index >= 15 is 0 Å². The molecule has 0 amide bonds. The molecule has 0 spiro atoms. The van der Waals surface area contributed by atoms with E-state index in [2.05, 4.69) is 0 Å². The van der Waals surface area contributed by atoms with Gasteiger partial charge in [-0.3, -0.25) is 0 Å². The molecule has 2 rings (SSSR count). The van der Waals surface area contributed by atoms with Crippen molar-refractivity contribution in [2.45, 2.75) is 51.0 Å². The van der Waals surface area contributed by atoms with Crippen LogP contribution in [0.3, 0.4) is 0 Å². The van der Waals surface area contributed by atoms with E-state index in [-0.39, 0.29) is 6.10 Å². The van der Waals surface area contributed by atoms with E-state index in [1.165, 1.54) is 37.7 Å². The quantitative estimate of drug-likeness (QED) is 0.546. The third-order valence-electron chi connectivity index (χ3n) is 3.42. The van der Waals surface area contributed by atoms with Crippen molar-refractivity contribution in [2.75, 3.05) is 26.4 Å². The largest absolute Gasteiger partial charge is 0.501 e. The lowest BCUT2D eigenvalue weighted by atomic mass is 9.96. The smallest absolute Gasteiger partial charge is 0.0874 e. The van der Waals surface area contributed by atoms with Crippen LogP contribution in [-0.4, -0.2) is 32.5 Å². The van der Waals surface area contributed by atoms with Gasteiger partial charge in [0.05, 0.1) is 38.8 Å². The maximum atomic E-state index is 5.61. The van der Waals surface area contributed by atoms with Gasteiger partial charge < -0.3 is 14.2 Å². The topological polar surface area (TPSA) is 27.7 Å². The van der Waals surface area contributed by atoms with Gasteiger partial charge in [0.15, 0.2) is 0 Å². The molecule has 0 aromatic rings. The van der Waals surface area contributed by atoms with Crippen LogP contribution in [0, 0.1) is 0 Å². The molecule has 98 valence electrons. The van der Waals surface area contributed by atoms with E-state index in [0.29, 0.717) is 0 Å². The molecule has 1 saturated carbocycles. The minimum Gasteiger partial charge on any atom is -0.501 e. The van der Waals surface area contributed by atoms with E-state index in [0.717, 1.165) is 39.3 Å². The standard InChI is InChI=1S/C14H24O3/c1-2-5-13(6-3-1)11-15-8-4-7-14-12-16-9-10-17-14/h11,14H,1-10,12H2. The summed E-state index contributed by atoms with van der Waals surface area (Å²) in [5.41, 5.74) is 1.49. The number of rotatable bonds is 5. The van der Waals surface area contributed by atoms with Crippen LogP contribution in [0.25, 0.3) is 0 Å². The van der Waals surface area contributed by atoms with E-state index in [1.54, 1.807) is 0 Å². The van der Waals surface area contributed by atoms with Gasteiger partial charge in [0.25, 0.3) is 0 Å². The lowest BCUT2D eigenvalue weighted by Gasteiger charge is -2.22. The second kappa shape index (κ2) is 7.72. The van der Waals surface area contributed by atoms with Gasteiger partial charge in [-0.25, -0.2) is 0 Å². The molecule has 1 heterocycles. The Morgan fingerprint density at radius 3 is 2.82 bits per heavy atom. The summed E-state index contributed by atoms with van der Waals surface area (Å²) in [6.07, 6.45) is 10.9. The normalized spacial score (nSPS) is 25.6. The van der Waals surface area contributed by atoms with Crippen LogP contribution in [-0.2, 0) is 14.2 Å². The monoisotopic (exact) mass is 240 g/mol. The fourth-order valence-corrected chi connectivity index (χ4v) is 2.40. The highest BCUT2D eigenvalue weighted by Crippen LogP contribution is 2.22. The molecule has 0 aromatic carbocycles. The Bertz CT molecular complexity index is 224. The van der Waals surface area contributed by atoms with Gasteiger partial charge in [-0.2, -0.15) is 0 Å². The van der Waals surface area contributed by atoms with Gasteiger partial charge in [0.2, 0.25) is 0 Å². The third kappa shape index (κ3) is 5.09. The summed E-state index contributed by atoms with van der Waals surface area (Å²) in [5.74, 6) is 0. The lowest BCUT2D eigenvalue weighted by Crippen LogP contribution is -2.28. The molecular formula is C14H24O3. The van der Waals surface area contributed by atoms with Crippen molar-refractivity contribution in [3.8, 4) is 0 Å². The molecule has 3 heteroatoms. The SMILES string of the molecule is C(OCCCC1COCCO1)=C1CCCCC1. The van der Waals surface area contributed by atoms with Crippen molar-refractivity contribution in [1.82, 2.24) is 0 Å². The zero-order valence-electron chi connectivity index (χ0n) is 10.7. The minimum atomic E-state index is 0.287. The van der Waals surface area contributed by atoms with E-state index in [9.17, 15) is 0 Å². The Hall–Kier alpha value is -0.540. The molecule has 3 nitrogen and oxygen atoms in total. The van der Waals surface area contributed by atoms with Crippen LogP contribution in [0.15, 0.2) is 11.8 Å². The van der Waals surface area contributed by atoms with Crippen LogP contribution in [0.4, 0.5) is 0 Å². The highest BCUT2D eigenvalue weighted by molar-refractivity contribution is 5.00. The van der Waals surface area contributed by atoms with Gasteiger partial charge in [0.1, 0.15) is 0 Å². The molecule has 2 aliphatic rings. The van der Waals surface area contributed by atoms with Crippen molar-refractivity contribution in [3.05, 3.63) is 11.8 Å². The van der Waals surface area contributed by atoms with Gasteiger partial charge in [-0.1, -0.05) is 6.42 Å². The molecule has 2 fully saturated rings. The summed E-state index contributed by atoms with van der Waals surface area (Å²) in [6, 6.07) is 0. The fourth-order valence-electron chi connectivity index (χ4n) is 2.40. The van der Waals surface area contributed by atoms with Gasteiger partial charge >= 0.3 is 0 Å². The summed E-state index contributed by atoms with van der Waals surface area (Å²) in [7, 11) is 0. The highest BCUT2D eigenvalue weighted by Gasteiger charge is 2.13. The van der Waals surface area contributed by atoms with Crippen molar-refractivity contribution in [1.29, 1.82) is 0 Å². The Labute approximate surface area is 104 Å². The summed E-state index contributed by atoms with van der Waals surface area (Å²) in [6.45, 7) is 3.05. The van der Waals surface area contributed by atoms with Crippen LogP contribution < -0.4 is 0 Å². The highest BCUT2D eigenvalue weighted by atomic mass is 16.6. The summed E-state index contributed by atoms with van der Waals surface area (Å²) < 4.78 is 16.5. The summed E-state index contributed by atoms with van der Waals surface area (Å²) in [5, 5.41) is 0. The van der Waals surface area contributed by atoms with E-state index in [4.69, 9.17) is 14.2 Å². The molecule has 0 bridgehead atoms. The van der Waals surface area contributed by atoms with E-state index < -0.39 is 0 Å². The predicted molar refractivity (Wildman–Crippen MR) is 66.9 cm³/mol. The summed E-state index contributed by atoms with van der Waals surface area (Å²) >= 11 is 0. The van der Waals surface area contributed by atoms with E-state index in [1.807, 2.05) is 6.26 Å². The summed E-state index contributed by atoms with van der Waals surface area (Å²) in [4.78, 5) is 0. The molecular weight excluding hydrogens is 216 g/mol. The Morgan fingerprint density at radius 1 is 1.18 bits per heavy atom. The van der Waals surface area contributed by atoms with Crippen LogP contribution in [0.1, 0.15) is 44.9 Å². The van der Waals surface area contributed by atoms with Crippen LogP contribution in [0.2, 0.25) is 0 Å². The number of hydrogen-bond donors (Lipinski definition) is 0. The molecule has 0 aromatic heterocycles. The average molecular weight is 240 g/mol. The molecule has 1 saturated heterocycles. The Balaban J connectivity index is 1.50. The first-order valence-corrected chi connectivity index (χ1v) is 6.94. The fraction of sp³-hybridized carbons (Fsp3) is 0.857. The molecule has 0 radical (unpaired) electrons. The van der Waals surface area contributed by atoms with Gasteiger partial charge in [0, 0.05) is 0 Å². The van der Waals surface area contributed by atoms with Crippen molar-refractivity contribution >= 4 is 0 Å². The average Bonchev–Trinajstić information content (AvgIpc) is 2.41. The number of allylic oxidation sites excluding steroid dienone is 1. The minimum absolute atomic E-state index is 0.287. The molecule has 17 heavy (non-hydrogen) atoms. The molecule has 1 aliphatic heterocycles.